The van der Waals surface area contributed by atoms with Crippen LogP contribution in [0.5, 0.6) is 5.75 Å². The van der Waals surface area contributed by atoms with Crippen molar-refractivity contribution in [3.05, 3.63) is 65.7 Å². The Kier molecular flexibility index (Phi) is 3.78. The van der Waals surface area contributed by atoms with Gasteiger partial charge in [0.2, 0.25) is 5.91 Å². The molecule has 3 aliphatic rings. The zero-order chi connectivity index (χ0) is 16.5. The monoisotopic (exact) mass is 340 g/mol. The molecule has 0 bridgehead atoms. The summed E-state index contributed by atoms with van der Waals surface area (Å²) in [5, 5.41) is 15.3. The van der Waals surface area contributed by atoms with Crippen molar-refractivity contribution in [1.82, 2.24) is 14.0 Å². The van der Waals surface area contributed by atoms with Gasteiger partial charge in [-0.3, -0.25) is 9.10 Å². The molecule has 1 aromatic carbocycles. The molecular formula is C17H16N4O2S. The minimum Gasteiger partial charge on any atom is -0.508 e. The highest BCUT2D eigenvalue weighted by Crippen LogP contribution is 2.29. The van der Waals surface area contributed by atoms with Crippen molar-refractivity contribution in [3.8, 4) is 5.75 Å². The maximum atomic E-state index is 12.5. The number of allylic oxidation sites excluding steroid dienone is 2. The number of hydrazone groups is 1. The molecule has 0 atom stereocenters. The third kappa shape index (κ3) is 2.90. The summed E-state index contributed by atoms with van der Waals surface area (Å²) in [7, 11) is 0. The van der Waals surface area contributed by atoms with E-state index in [2.05, 4.69) is 9.82 Å². The van der Waals surface area contributed by atoms with Gasteiger partial charge in [-0.05, 0) is 47.6 Å². The number of nitrogens with zero attached hydrogens (tertiary/aromatic N) is 3. The molecule has 0 radical (unpaired) electrons. The fourth-order valence-corrected chi connectivity index (χ4v) is 3.37. The highest BCUT2D eigenvalue weighted by Gasteiger charge is 2.23. The standard InChI is InChI=1S/C17H16N4O2S/c22-15-3-1-13(2-4-15)16-6-7-20(19-16)17(23)10-12-5-8-21-14(9-12)11-18-24-21/h1-5,8-9,11,18,22H,6-7,10H2. The molecule has 24 heavy (non-hydrogen) atoms. The van der Waals surface area contributed by atoms with Gasteiger partial charge in [0.15, 0.2) is 0 Å². The number of hydrogen-bond acceptors (Lipinski definition) is 6. The zero-order valence-corrected chi connectivity index (χ0v) is 13.7. The summed E-state index contributed by atoms with van der Waals surface area (Å²) in [6.07, 6.45) is 8.88. The summed E-state index contributed by atoms with van der Waals surface area (Å²) in [6, 6.07) is 6.90. The average Bonchev–Trinajstić information content (AvgIpc) is 3.24. The summed E-state index contributed by atoms with van der Waals surface area (Å²) < 4.78 is 5.08. The lowest BCUT2D eigenvalue weighted by Crippen LogP contribution is -2.23. The fraction of sp³-hybridized carbons (Fsp3) is 0.176. The molecule has 0 spiro atoms. The Hall–Kier alpha value is -2.67. The number of amides is 1. The summed E-state index contributed by atoms with van der Waals surface area (Å²) in [4.78, 5) is 12.5. The van der Waals surface area contributed by atoms with E-state index in [0.717, 1.165) is 29.0 Å². The average molecular weight is 340 g/mol. The molecule has 6 nitrogen and oxygen atoms in total. The highest BCUT2D eigenvalue weighted by atomic mass is 32.2. The Bertz CT molecular complexity index is 795. The Morgan fingerprint density at radius 2 is 2.17 bits per heavy atom. The second-order valence-corrected chi connectivity index (χ2v) is 6.49. The second kappa shape index (κ2) is 6.09. The Labute approximate surface area is 144 Å². The summed E-state index contributed by atoms with van der Waals surface area (Å²) in [6.45, 7) is 0.596. The van der Waals surface area contributed by atoms with Crippen LogP contribution in [0.1, 0.15) is 18.4 Å². The van der Waals surface area contributed by atoms with Gasteiger partial charge in [0.05, 0.1) is 36.5 Å². The molecule has 0 aliphatic carbocycles. The van der Waals surface area contributed by atoms with Crippen molar-refractivity contribution in [3.63, 3.8) is 0 Å². The first kappa shape index (κ1) is 14.9. The van der Waals surface area contributed by atoms with Gasteiger partial charge in [-0.2, -0.15) is 5.10 Å². The molecule has 0 aromatic heterocycles. The Morgan fingerprint density at radius 3 is 3.00 bits per heavy atom. The maximum absolute atomic E-state index is 12.5. The van der Waals surface area contributed by atoms with Gasteiger partial charge < -0.3 is 9.83 Å². The molecule has 122 valence electrons. The molecule has 3 aliphatic heterocycles. The lowest BCUT2D eigenvalue weighted by molar-refractivity contribution is -0.129. The van der Waals surface area contributed by atoms with E-state index in [0.29, 0.717) is 13.0 Å². The van der Waals surface area contributed by atoms with Gasteiger partial charge >= 0.3 is 0 Å². The number of rotatable bonds is 3. The van der Waals surface area contributed by atoms with E-state index < -0.39 is 0 Å². The van der Waals surface area contributed by atoms with Crippen LogP contribution in [0.3, 0.4) is 0 Å². The van der Waals surface area contributed by atoms with E-state index in [1.165, 1.54) is 12.1 Å². The third-order valence-corrected chi connectivity index (χ3v) is 4.77. The van der Waals surface area contributed by atoms with Crippen molar-refractivity contribution < 1.29 is 9.90 Å². The molecular weight excluding hydrogens is 324 g/mol. The minimum atomic E-state index is -0.00709. The number of aromatic hydroxyl groups is 1. The van der Waals surface area contributed by atoms with Crippen LogP contribution in [0, 0.1) is 0 Å². The summed E-state index contributed by atoms with van der Waals surface area (Å²) in [5.41, 5.74) is 3.83. The fourth-order valence-electron chi connectivity index (χ4n) is 2.75. The van der Waals surface area contributed by atoms with Gasteiger partial charge in [-0.1, -0.05) is 0 Å². The lowest BCUT2D eigenvalue weighted by atomic mass is 10.1. The van der Waals surface area contributed by atoms with Gasteiger partial charge in [-0.25, -0.2) is 5.01 Å². The molecule has 0 unspecified atom stereocenters. The molecule has 7 heteroatoms. The van der Waals surface area contributed by atoms with Crippen LogP contribution in [0.2, 0.25) is 0 Å². The number of nitrogens with one attached hydrogen (secondary N) is 1. The predicted molar refractivity (Wildman–Crippen MR) is 93.5 cm³/mol. The van der Waals surface area contributed by atoms with Gasteiger partial charge in [-0.15, -0.1) is 0 Å². The quantitative estimate of drug-likeness (QED) is 0.828. The number of phenols is 1. The molecule has 1 aromatic rings. The van der Waals surface area contributed by atoms with Crippen molar-refractivity contribution in [2.24, 2.45) is 5.10 Å². The molecule has 0 fully saturated rings. The SMILES string of the molecule is O=C(CC1=CC2=CNSN2C=C1)N1CCC(c2ccc(O)cc2)=N1. The van der Waals surface area contributed by atoms with Gasteiger partial charge in [0, 0.05) is 18.8 Å². The zero-order valence-electron chi connectivity index (χ0n) is 12.8. The highest BCUT2D eigenvalue weighted by molar-refractivity contribution is 7.95. The van der Waals surface area contributed by atoms with Crippen LogP contribution in [-0.4, -0.2) is 32.6 Å². The van der Waals surface area contributed by atoms with E-state index in [1.807, 2.05) is 41.0 Å². The van der Waals surface area contributed by atoms with Crippen molar-refractivity contribution >= 4 is 23.8 Å². The van der Waals surface area contributed by atoms with E-state index in [-0.39, 0.29) is 11.7 Å². The third-order valence-electron chi connectivity index (χ3n) is 4.02. The number of carbonyl (C=O) groups is 1. The first-order valence-electron chi connectivity index (χ1n) is 7.67. The minimum absolute atomic E-state index is 0.00709. The lowest BCUT2D eigenvalue weighted by Gasteiger charge is -2.18. The second-order valence-electron chi connectivity index (χ2n) is 5.68. The Morgan fingerprint density at radius 1 is 1.33 bits per heavy atom. The van der Waals surface area contributed by atoms with Crippen molar-refractivity contribution in [2.75, 3.05) is 6.54 Å². The number of benzene rings is 1. The van der Waals surface area contributed by atoms with E-state index in [9.17, 15) is 9.90 Å². The van der Waals surface area contributed by atoms with Crippen LogP contribution in [0.4, 0.5) is 0 Å². The van der Waals surface area contributed by atoms with Gasteiger partial charge in [0.1, 0.15) is 5.75 Å². The number of phenolic OH excluding ortho intramolecular Hbond substituents is 1. The van der Waals surface area contributed by atoms with E-state index in [1.54, 1.807) is 17.1 Å². The van der Waals surface area contributed by atoms with E-state index in [4.69, 9.17) is 0 Å². The number of carbonyl (C=O) groups excluding carboxylic acids is 1. The summed E-state index contributed by atoms with van der Waals surface area (Å²) >= 11 is 1.50. The predicted octanol–water partition coefficient (Wildman–Crippen LogP) is 2.48. The van der Waals surface area contributed by atoms with Gasteiger partial charge in [0.25, 0.3) is 0 Å². The number of hydrogen-bond donors (Lipinski definition) is 2. The smallest absolute Gasteiger partial charge is 0.247 e. The summed E-state index contributed by atoms with van der Waals surface area (Å²) in [5.74, 6) is 0.219. The molecule has 1 amide bonds. The molecule has 0 saturated heterocycles. The van der Waals surface area contributed by atoms with Crippen LogP contribution < -0.4 is 4.72 Å². The first-order chi connectivity index (χ1) is 11.7. The molecule has 4 rings (SSSR count). The van der Waals surface area contributed by atoms with Crippen LogP contribution in [0.15, 0.2) is 65.2 Å². The van der Waals surface area contributed by atoms with Crippen LogP contribution in [-0.2, 0) is 4.79 Å². The van der Waals surface area contributed by atoms with Crippen molar-refractivity contribution in [2.45, 2.75) is 12.8 Å². The normalized spacial score (nSPS) is 18.8. The molecule has 3 heterocycles. The topological polar surface area (TPSA) is 68.2 Å². The Balaban J connectivity index is 1.44. The van der Waals surface area contributed by atoms with Crippen molar-refractivity contribution in [1.29, 1.82) is 0 Å². The molecule has 0 saturated carbocycles. The largest absolute Gasteiger partial charge is 0.508 e. The van der Waals surface area contributed by atoms with E-state index >= 15 is 0 Å². The first-order valence-corrected chi connectivity index (χ1v) is 8.44. The maximum Gasteiger partial charge on any atom is 0.247 e. The molecule has 2 N–H and O–H groups in total. The van der Waals surface area contributed by atoms with Crippen LogP contribution in [0.25, 0.3) is 0 Å². The van der Waals surface area contributed by atoms with Crippen LogP contribution >= 0.6 is 12.1 Å². The number of fused-ring (bicyclic) bond motifs is 1.